The van der Waals surface area contributed by atoms with Crippen molar-refractivity contribution in [1.82, 2.24) is 8.61 Å². The summed E-state index contributed by atoms with van der Waals surface area (Å²) in [6, 6.07) is 5.57. The van der Waals surface area contributed by atoms with Gasteiger partial charge >= 0.3 is 0 Å². The minimum Gasteiger partial charge on any atom is -0.493 e. The Kier molecular flexibility index (Phi) is 5.79. The minimum absolute atomic E-state index is 0.399. The maximum Gasteiger partial charge on any atom is 0.281 e. The highest BCUT2D eigenvalue weighted by Crippen LogP contribution is 2.27. The first-order chi connectivity index (χ1) is 9.32. The zero-order valence-corrected chi connectivity index (χ0v) is 13.4. The lowest BCUT2D eigenvalue weighted by Gasteiger charge is -2.21. The maximum atomic E-state index is 11.9. The molecule has 1 rings (SSSR count). The number of nitrogens with zero attached hydrogens (tertiary/aromatic N) is 2. The van der Waals surface area contributed by atoms with Gasteiger partial charge in [0, 0.05) is 27.7 Å². The summed E-state index contributed by atoms with van der Waals surface area (Å²) in [7, 11) is 4.38. The minimum atomic E-state index is -3.36. The van der Waals surface area contributed by atoms with Crippen LogP contribution in [0.4, 0.5) is 0 Å². The molecule has 0 unspecified atom stereocenters. The van der Waals surface area contributed by atoms with E-state index in [2.05, 4.69) is 0 Å². The third-order valence-corrected chi connectivity index (χ3v) is 4.91. The molecule has 0 radical (unpaired) electrons. The highest BCUT2D eigenvalue weighted by Gasteiger charge is 2.19. The van der Waals surface area contributed by atoms with Crippen molar-refractivity contribution in [2.75, 3.05) is 41.9 Å². The topological polar surface area (TPSA) is 59.1 Å². The van der Waals surface area contributed by atoms with Crippen LogP contribution >= 0.6 is 0 Å². The van der Waals surface area contributed by atoms with E-state index in [1.807, 2.05) is 18.2 Å². The van der Waals surface area contributed by atoms with E-state index in [4.69, 9.17) is 9.47 Å². The Balaban J connectivity index is 2.76. The van der Waals surface area contributed by atoms with Gasteiger partial charge in [-0.15, -0.1) is 0 Å². The molecular weight excluding hydrogens is 280 g/mol. The average Bonchev–Trinajstić information content (AvgIpc) is 2.43. The van der Waals surface area contributed by atoms with Crippen LogP contribution in [-0.2, 0) is 16.6 Å². The van der Waals surface area contributed by atoms with Crippen molar-refractivity contribution in [3.05, 3.63) is 23.8 Å². The molecule has 0 aliphatic heterocycles. The smallest absolute Gasteiger partial charge is 0.281 e. The highest BCUT2D eigenvalue weighted by molar-refractivity contribution is 7.86. The lowest BCUT2D eigenvalue weighted by Crippen LogP contribution is -2.38. The molecule has 0 N–H and O–H groups in total. The lowest BCUT2D eigenvalue weighted by molar-refractivity contribution is 0.354. The lowest BCUT2D eigenvalue weighted by atomic mass is 10.1. The van der Waals surface area contributed by atoms with Gasteiger partial charge in [-0.05, 0) is 24.1 Å². The molecule has 0 aromatic heterocycles. The van der Waals surface area contributed by atoms with Crippen LogP contribution in [0.15, 0.2) is 18.2 Å². The molecule has 20 heavy (non-hydrogen) atoms. The van der Waals surface area contributed by atoms with Gasteiger partial charge in [-0.3, -0.25) is 0 Å². The molecule has 1 aromatic carbocycles. The molecular formula is C13H22N2O4S. The Morgan fingerprint density at radius 2 is 1.65 bits per heavy atom. The first-order valence-electron chi connectivity index (χ1n) is 6.17. The van der Waals surface area contributed by atoms with Gasteiger partial charge < -0.3 is 9.47 Å². The first kappa shape index (κ1) is 16.7. The summed E-state index contributed by atoms with van der Waals surface area (Å²) in [5.74, 6) is 1.30. The molecule has 7 heteroatoms. The third kappa shape index (κ3) is 3.84. The summed E-state index contributed by atoms with van der Waals surface area (Å²) in [6.45, 7) is 0.399. The fraction of sp³-hybridized carbons (Fsp3) is 0.538. The van der Waals surface area contributed by atoms with Crippen molar-refractivity contribution in [1.29, 1.82) is 0 Å². The second-order valence-electron chi connectivity index (χ2n) is 4.55. The summed E-state index contributed by atoms with van der Waals surface area (Å²) < 4.78 is 36.7. The van der Waals surface area contributed by atoms with Crippen LogP contribution in [0.5, 0.6) is 11.5 Å². The van der Waals surface area contributed by atoms with Gasteiger partial charge in [0.2, 0.25) is 0 Å². The van der Waals surface area contributed by atoms with Crippen molar-refractivity contribution < 1.29 is 17.9 Å². The number of benzene rings is 1. The molecule has 0 spiro atoms. The normalized spacial score (nSPS) is 11.9. The molecule has 1 aromatic rings. The fourth-order valence-corrected chi connectivity index (χ4v) is 2.60. The summed E-state index contributed by atoms with van der Waals surface area (Å²) in [6.07, 6.45) is 0.601. The van der Waals surface area contributed by atoms with Gasteiger partial charge in [-0.1, -0.05) is 6.07 Å². The zero-order chi connectivity index (χ0) is 15.3. The quantitative estimate of drug-likeness (QED) is 0.753. The summed E-state index contributed by atoms with van der Waals surface area (Å²) >= 11 is 0. The molecule has 6 nitrogen and oxygen atoms in total. The summed E-state index contributed by atoms with van der Waals surface area (Å²) in [5, 5.41) is 0. The van der Waals surface area contributed by atoms with E-state index >= 15 is 0 Å². The Morgan fingerprint density at radius 3 is 2.15 bits per heavy atom. The average molecular weight is 302 g/mol. The van der Waals surface area contributed by atoms with Crippen LogP contribution in [-0.4, -0.2) is 58.9 Å². The molecule has 0 atom stereocenters. The molecule has 0 fully saturated rings. The predicted octanol–water partition coefficient (Wildman–Crippen LogP) is 0.984. The van der Waals surface area contributed by atoms with Crippen LogP contribution in [0, 0.1) is 0 Å². The zero-order valence-electron chi connectivity index (χ0n) is 12.6. The van der Waals surface area contributed by atoms with E-state index in [-0.39, 0.29) is 0 Å². The van der Waals surface area contributed by atoms with Crippen molar-refractivity contribution in [2.45, 2.75) is 6.42 Å². The van der Waals surface area contributed by atoms with Crippen LogP contribution in [0.2, 0.25) is 0 Å². The number of rotatable bonds is 7. The molecule has 0 aliphatic rings. The summed E-state index contributed by atoms with van der Waals surface area (Å²) in [5.41, 5.74) is 0.989. The van der Waals surface area contributed by atoms with Crippen molar-refractivity contribution in [2.24, 2.45) is 0 Å². The summed E-state index contributed by atoms with van der Waals surface area (Å²) in [4.78, 5) is 0. The first-order valence-corrected chi connectivity index (χ1v) is 7.57. The van der Waals surface area contributed by atoms with Gasteiger partial charge in [-0.25, -0.2) is 0 Å². The van der Waals surface area contributed by atoms with Gasteiger partial charge in [0.15, 0.2) is 11.5 Å². The van der Waals surface area contributed by atoms with Gasteiger partial charge in [0.25, 0.3) is 10.2 Å². The molecule has 0 heterocycles. The molecule has 0 saturated carbocycles. The molecule has 114 valence electrons. The Labute approximate surface area is 121 Å². The molecule has 0 aliphatic carbocycles. The number of hydrogen-bond donors (Lipinski definition) is 0. The van der Waals surface area contributed by atoms with Gasteiger partial charge in [0.1, 0.15) is 0 Å². The van der Waals surface area contributed by atoms with Crippen molar-refractivity contribution in [3.8, 4) is 11.5 Å². The second kappa shape index (κ2) is 6.92. The largest absolute Gasteiger partial charge is 0.493 e. The van der Waals surface area contributed by atoms with Crippen LogP contribution < -0.4 is 9.47 Å². The number of hydrogen-bond acceptors (Lipinski definition) is 4. The van der Waals surface area contributed by atoms with E-state index < -0.39 is 10.2 Å². The Bertz CT molecular complexity index is 543. The number of likely N-dealkylation sites (N-methyl/N-ethyl adjacent to an activating group) is 1. The Morgan fingerprint density at radius 1 is 1.05 bits per heavy atom. The fourth-order valence-electron chi connectivity index (χ4n) is 1.72. The second-order valence-corrected chi connectivity index (χ2v) is 6.80. The maximum absolute atomic E-state index is 11.9. The van der Waals surface area contributed by atoms with E-state index in [9.17, 15) is 8.42 Å². The van der Waals surface area contributed by atoms with Crippen LogP contribution in [0.1, 0.15) is 5.56 Å². The van der Waals surface area contributed by atoms with Crippen LogP contribution in [0.25, 0.3) is 0 Å². The van der Waals surface area contributed by atoms with E-state index in [0.29, 0.717) is 24.5 Å². The SMILES string of the molecule is COc1ccc(CCN(C)S(=O)(=O)N(C)C)cc1OC. The third-order valence-electron chi connectivity index (χ3n) is 3.02. The number of ether oxygens (including phenoxy) is 2. The van der Waals surface area contributed by atoms with E-state index in [0.717, 1.165) is 5.56 Å². The van der Waals surface area contributed by atoms with E-state index in [1.54, 1.807) is 21.3 Å². The molecule has 0 saturated heterocycles. The predicted molar refractivity (Wildman–Crippen MR) is 78.5 cm³/mol. The Hall–Kier alpha value is -1.31. The van der Waals surface area contributed by atoms with Crippen LogP contribution in [0.3, 0.4) is 0 Å². The molecule has 0 bridgehead atoms. The van der Waals surface area contributed by atoms with E-state index in [1.165, 1.54) is 22.7 Å². The van der Waals surface area contributed by atoms with Gasteiger partial charge in [-0.2, -0.15) is 17.0 Å². The van der Waals surface area contributed by atoms with Crippen molar-refractivity contribution in [3.63, 3.8) is 0 Å². The van der Waals surface area contributed by atoms with Crippen molar-refractivity contribution >= 4 is 10.2 Å². The monoisotopic (exact) mass is 302 g/mol. The number of methoxy groups -OCH3 is 2. The highest BCUT2D eigenvalue weighted by atomic mass is 32.2. The van der Waals surface area contributed by atoms with Gasteiger partial charge in [0.05, 0.1) is 14.2 Å². The molecule has 0 amide bonds. The standard InChI is InChI=1S/C13H22N2O4S/c1-14(2)20(16,17)15(3)9-8-11-6-7-12(18-4)13(10-11)19-5/h6-7,10H,8-9H2,1-5H3.